The van der Waals surface area contributed by atoms with Crippen LogP contribution in [0.4, 0.5) is 27.6 Å². The van der Waals surface area contributed by atoms with E-state index < -0.39 is 18.1 Å². The highest BCUT2D eigenvalue weighted by molar-refractivity contribution is 5.79. The molecule has 0 saturated carbocycles. The maximum atomic E-state index is 13.3. The summed E-state index contributed by atoms with van der Waals surface area (Å²) in [4.78, 5) is 0. The Morgan fingerprint density at radius 3 is 2.28 bits per heavy atom. The van der Waals surface area contributed by atoms with E-state index in [-0.39, 0.29) is 5.69 Å². The van der Waals surface area contributed by atoms with Gasteiger partial charge in [-0.2, -0.15) is 22.0 Å². The fourth-order valence-corrected chi connectivity index (χ4v) is 1.87. The highest BCUT2D eigenvalue weighted by Crippen LogP contribution is 2.42. The van der Waals surface area contributed by atoms with Crippen molar-refractivity contribution in [3.05, 3.63) is 35.9 Å². The Morgan fingerprint density at radius 1 is 1.06 bits per heavy atom. The summed E-state index contributed by atoms with van der Waals surface area (Å²) in [6, 6.07) is 4.33. The van der Waals surface area contributed by atoms with Crippen LogP contribution in [0, 0.1) is 0 Å². The number of hydrogen-bond acceptors (Lipinski definition) is 1. The standard InChI is InChI=1S/C12H10F5N/c1-7-6-10(11(13,14)12(15,16)17)18-9-5-3-2-4-8(7)9/h2-6,10,18H,1H3. The molecule has 1 heterocycles. The fourth-order valence-electron chi connectivity index (χ4n) is 1.87. The molecule has 0 bridgehead atoms. The second kappa shape index (κ2) is 3.96. The number of alkyl halides is 5. The highest BCUT2D eigenvalue weighted by Gasteiger charge is 2.62. The fraction of sp³-hybridized carbons (Fsp3) is 0.333. The third kappa shape index (κ3) is 1.95. The Labute approximate surface area is 100 Å². The van der Waals surface area contributed by atoms with Crippen LogP contribution in [0.3, 0.4) is 0 Å². The number of halogens is 5. The van der Waals surface area contributed by atoms with Crippen molar-refractivity contribution < 1.29 is 22.0 Å². The molecule has 0 amide bonds. The third-order valence-electron chi connectivity index (χ3n) is 2.85. The summed E-state index contributed by atoms with van der Waals surface area (Å²) in [7, 11) is 0. The van der Waals surface area contributed by atoms with Gasteiger partial charge in [-0.05, 0) is 18.6 Å². The molecule has 1 unspecified atom stereocenters. The number of fused-ring (bicyclic) bond motifs is 1. The molecule has 6 heteroatoms. The molecule has 18 heavy (non-hydrogen) atoms. The normalized spacial score (nSPS) is 19.9. The average molecular weight is 263 g/mol. The number of benzene rings is 1. The largest absolute Gasteiger partial charge is 0.455 e. The van der Waals surface area contributed by atoms with Gasteiger partial charge in [0.2, 0.25) is 0 Å². The van der Waals surface area contributed by atoms with E-state index in [1.54, 1.807) is 18.2 Å². The molecule has 1 nitrogen and oxygen atoms in total. The number of rotatable bonds is 1. The van der Waals surface area contributed by atoms with E-state index in [4.69, 9.17) is 0 Å². The van der Waals surface area contributed by atoms with Crippen LogP contribution in [0.2, 0.25) is 0 Å². The molecule has 0 aromatic heterocycles. The van der Waals surface area contributed by atoms with Crippen LogP contribution < -0.4 is 5.32 Å². The highest BCUT2D eigenvalue weighted by atomic mass is 19.4. The van der Waals surface area contributed by atoms with Crippen molar-refractivity contribution in [2.24, 2.45) is 0 Å². The predicted octanol–water partition coefficient (Wildman–Crippen LogP) is 4.08. The van der Waals surface area contributed by atoms with E-state index in [9.17, 15) is 22.0 Å². The van der Waals surface area contributed by atoms with Crippen molar-refractivity contribution >= 4 is 11.3 Å². The van der Waals surface area contributed by atoms with Gasteiger partial charge in [-0.1, -0.05) is 24.3 Å². The zero-order chi connectivity index (χ0) is 13.6. The van der Waals surface area contributed by atoms with Crippen LogP contribution in [-0.2, 0) is 0 Å². The summed E-state index contributed by atoms with van der Waals surface area (Å²) in [5, 5.41) is 2.23. The summed E-state index contributed by atoms with van der Waals surface area (Å²) >= 11 is 0. The molecule has 0 radical (unpaired) electrons. The average Bonchev–Trinajstić information content (AvgIpc) is 2.27. The minimum Gasteiger partial charge on any atom is -0.372 e. The van der Waals surface area contributed by atoms with Crippen molar-refractivity contribution in [1.82, 2.24) is 0 Å². The van der Waals surface area contributed by atoms with Gasteiger partial charge >= 0.3 is 12.1 Å². The van der Waals surface area contributed by atoms with E-state index in [1.807, 2.05) is 0 Å². The number of allylic oxidation sites excluding steroid dienone is 1. The molecule has 0 aliphatic carbocycles. The first-order valence-corrected chi connectivity index (χ1v) is 5.22. The lowest BCUT2D eigenvalue weighted by Crippen LogP contribution is -2.50. The molecule has 1 N–H and O–H groups in total. The summed E-state index contributed by atoms with van der Waals surface area (Å²) < 4.78 is 63.4. The lowest BCUT2D eigenvalue weighted by atomic mass is 9.95. The van der Waals surface area contributed by atoms with Crippen LogP contribution in [0.25, 0.3) is 5.57 Å². The first-order chi connectivity index (χ1) is 8.23. The maximum Gasteiger partial charge on any atom is 0.455 e. The number of hydrogen-bond donors (Lipinski definition) is 1. The van der Waals surface area contributed by atoms with E-state index >= 15 is 0 Å². The first kappa shape index (κ1) is 12.9. The van der Waals surface area contributed by atoms with E-state index in [2.05, 4.69) is 5.32 Å². The predicted molar refractivity (Wildman–Crippen MR) is 58.5 cm³/mol. The molecule has 0 saturated heterocycles. The zero-order valence-corrected chi connectivity index (χ0v) is 9.35. The zero-order valence-electron chi connectivity index (χ0n) is 9.35. The van der Waals surface area contributed by atoms with Gasteiger partial charge in [-0.15, -0.1) is 0 Å². The lowest BCUT2D eigenvalue weighted by molar-refractivity contribution is -0.283. The third-order valence-corrected chi connectivity index (χ3v) is 2.85. The van der Waals surface area contributed by atoms with Gasteiger partial charge < -0.3 is 5.32 Å². The number of para-hydroxylation sites is 1. The molecule has 1 atom stereocenters. The SMILES string of the molecule is CC1=CC(C(F)(F)C(F)(F)F)Nc2ccccc21. The Kier molecular flexibility index (Phi) is 2.83. The lowest BCUT2D eigenvalue weighted by Gasteiger charge is -2.32. The first-order valence-electron chi connectivity index (χ1n) is 5.22. The molecule has 1 aliphatic heterocycles. The van der Waals surface area contributed by atoms with Gasteiger partial charge in [0.05, 0.1) is 0 Å². The molecule has 0 spiro atoms. The monoisotopic (exact) mass is 263 g/mol. The van der Waals surface area contributed by atoms with Crippen molar-refractivity contribution in [1.29, 1.82) is 0 Å². The minimum absolute atomic E-state index is 0.284. The molecule has 1 aromatic carbocycles. The van der Waals surface area contributed by atoms with E-state index in [1.165, 1.54) is 13.0 Å². The molecule has 1 aliphatic rings. The molecule has 1 aromatic rings. The molecular formula is C12H10F5N. The quantitative estimate of drug-likeness (QED) is 0.753. The Hall–Kier alpha value is -1.59. The summed E-state index contributed by atoms with van der Waals surface area (Å²) in [5.74, 6) is -4.80. The van der Waals surface area contributed by atoms with Crippen molar-refractivity contribution in [2.45, 2.75) is 25.1 Å². The molecule has 2 rings (SSSR count). The number of nitrogens with one attached hydrogen (secondary N) is 1. The van der Waals surface area contributed by atoms with Gasteiger partial charge in [0.1, 0.15) is 6.04 Å². The Balaban J connectivity index is 2.40. The molecule has 98 valence electrons. The second-order valence-corrected chi connectivity index (χ2v) is 4.14. The van der Waals surface area contributed by atoms with Gasteiger partial charge in [0.25, 0.3) is 0 Å². The van der Waals surface area contributed by atoms with Gasteiger partial charge in [0, 0.05) is 11.3 Å². The summed E-state index contributed by atoms with van der Waals surface area (Å²) in [6.45, 7) is 1.51. The summed E-state index contributed by atoms with van der Waals surface area (Å²) in [6.07, 6.45) is -4.66. The minimum atomic E-state index is -5.58. The topological polar surface area (TPSA) is 12.0 Å². The van der Waals surface area contributed by atoms with E-state index in [0.29, 0.717) is 11.1 Å². The number of anilines is 1. The van der Waals surface area contributed by atoms with E-state index in [0.717, 1.165) is 6.08 Å². The molecular weight excluding hydrogens is 253 g/mol. The van der Waals surface area contributed by atoms with Crippen LogP contribution >= 0.6 is 0 Å². The van der Waals surface area contributed by atoms with Gasteiger partial charge in [-0.3, -0.25) is 0 Å². The smallest absolute Gasteiger partial charge is 0.372 e. The van der Waals surface area contributed by atoms with Crippen LogP contribution in [0.15, 0.2) is 30.3 Å². The Morgan fingerprint density at radius 2 is 1.67 bits per heavy atom. The van der Waals surface area contributed by atoms with Crippen LogP contribution in [-0.4, -0.2) is 18.1 Å². The Bertz CT molecular complexity index is 489. The van der Waals surface area contributed by atoms with Crippen molar-refractivity contribution in [3.8, 4) is 0 Å². The van der Waals surface area contributed by atoms with Crippen LogP contribution in [0.1, 0.15) is 12.5 Å². The van der Waals surface area contributed by atoms with Gasteiger partial charge in [-0.25, -0.2) is 0 Å². The summed E-state index contributed by atoms with van der Waals surface area (Å²) in [5.41, 5.74) is 1.32. The van der Waals surface area contributed by atoms with Gasteiger partial charge in [0.15, 0.2) is 0 Å². The molecule has 0 fully saturated rings. The van der Waals surface area contributed by atoms with Crippen LogP contribution in [0.5, 0.6) is 0 Å². The maximum absolute atomic E-state index is 13.3. The second-order valence-electron chi connectivity index (χ2n) is 4.14. The van der Waals surface area contributed by atoms with Crippen molar-refractivity contribution in [2.75, 3.05) is 5.32 Å². The van der Waals surface area contributed by atoms with Crippen molar-refractivity contribution in [3.63, 3.8) is 0 Å².